The number of pyridine rings is 1. The Labute approximate surface area is 156 Å². The summed E-state index contributed by atoms with van der Waals surface area (Å²) >= 11 is 0. The van der Waals surface area contributed by atoms with Crippen LogP contribution in [-0.4, -0.2) is 35.1 Å². The molecular weight excluding hydrogens is 345 g/mol. The van der Waals surface area contributed by atoms with Crippen LogP contribution in [0.25, 0.3) is 10.9 Å². The van der Waals surface area contributed by atoms with E-state index in [0.717, 1.165) is 22.9 Å². The largest absolute Gasteiger partial charge is 0.472 e. The van der Waals surface area contributed by atoms with Gasteiger partial charge in [0, 0.05) is 31.0 Å². The van der Waals surface area contributed by atoms with Crippen LogP contribution in [-0.2, 0) is 6.54 Å². The number of nitrogens with one attached hydrogen (secondary N) is 1. The molecule has 2 aromatic carbocycles. The second kappa shape index (κ2) is 7.61. The van der Waals surface area contributed by atoms with Crippen molar-refractivity contribution in [1.29, 1.82) is 0 Å². The summed E-state index contributed by atoms with van der Waals surface area (Å²) in [6.07, 6.45) is 0.689. The molecule has 1 aromatic heterocycles. The summed E-state index contributed by atoms with van der Waals surface area (Å²) in [5.41, 5.74) is 1.75. The highest BCUT2D eigenvalue weighted by molar-refractivity contribution is 5.78. The molecule has 1 atom stereocenters. The molecule has 1 fully saturated rings. The Bertz CT molecular complexity index is 946. The zero-order valence-corrected chi connectivity index (χ0v) is 14.8. The minimum atomic E-state index is -0.285. The first kappa shape index (κ1) is 17.3. The van der Waals surface area contributed by atoms with Crippen molar-refractivity contribution in [2.75, 3.05) is 13.1 Å². The number of rotatable bonds is 4. The Morgan fingerprint density at radius 3 is 2.81 bits per heavy atom. The first-order valence-corrected chi connectivity index (χ1v) is 8.97. The number of nitrogens with zero attached hydrogens (tertiary/aromatic N) is 2. The van der Waals surface area contributed by atoms with Gasteiger partial charge in [-0.25, -0.2) is 14.2 Å². The molecule has 6 heteroatoms. The van der Waals surface area contributed by atoms with Crippen molar-refractivity contribution in [3.8, 4) is 5.88 Å². The van der Waals surface area contributed by atoms with Crippen LogP contribution in [0.4, 0.5) is 9.18 Å². The van der Waals surface area contributed by atoms with Crippen molar-refractivity contribution < 1.29 is 13.9 Å². The highest BCUT2D eigenvalue weighted by atomic mass is 19.1. The van der Waals surface area contributed by atoms with Gasteiger partial charge in [-0.05, 0) is 29.8 Å². The number of hydrogen-bond acceptors (Lipinski definition) is 3. The van der Waals surface area contributed by atoms with E-state index in [-0.39, 0.29) is 18.0 Å². The van der Waals surface area contributed by atoms with E-state index in [1.54, 1.807) is 17.0 Å². The Morgan fingerprint density at radius 1 is 1.15 bits per heavy atom. The highest BCUT2D eigenvalue weighted by Crippen LogP contribution is 2.20. The number of halogens is 1. The van der Waals surface area contributed by atoms with Gasteiger partial charge in [0.1, 0.15) is 11.9 Å². The molecule has 3 aromatic rings. The maximum atomic E-state index is 12.9. The molecule has 1 aliphatic heterocycles. The molecule has 0 spiro atoms. The number of carbonyl (C=O) groups is 1. The molecule has 27 heavy (non-hydrogen) atoms. The molecule has 2 amide bonds. The third-order valence-electron chi connectivity index (χ3n) is 4.65. The number of urea groups is 1. The summed E-state index contributed by atoms with van der Waals surface area (Å²) in [6.45, 7) is 1.52. The molecule has 0 unspecified atom stereocenters. The molecule has 138 valence electrons. The lowest BCUT2D eigenvalue weighted by Crippen LogP contribution is -2.39. The summed E-state index contributed by atoms with van der Waals surface area (Å²) in [7, 11) is 0. The SMILES string of the molecule is O=C(NCc1ccc(F)cc1)N1CC[C@@H](Oc2ccc3ccccc3n2)C1. The Morgan fingerprint density at radius 2 is 1.96 bits per heavy atom. The first-order valence-electron chi connectivity index (χ1n) is 8.97. The molecule has 4 rings (SSSR count). The molecule has 5 nitrogen and oxygen atoms in total. The molecular formula is C21H20FN3O2. The Kier molecular flexibility index (Phi) is 4.87. The standard InChI is InChI=1S/C21H20FN3O2/c22-17-8-5-15(6-9-17)13-23-21(26)25-12-11-18(14-25)27-20-10-7-16-3-1-2-4-19(16)24-20/h1-10,18H,11-14H2,(H,23,26)/t18-/m1/s1. The second-order valence-corrected chi connectivity index (χ2v) is 6.60. The maximum Gasteiger partial charge on any atom is 0.317 e. The van der Waals surface area contributed by atoms with Crippen LogP contribution < -0.4 is 10.1 Å². The molecule has 2 heterocycles. The average molecular weight is 365 g/mol. The van der Waals surface area contributed by atoms with Gasteiger partial charge in [-0.1, -0.05) is 30.3 Å². The number of hydrogen-bond donors (Lipinski definition) is 1. The van der Waals surface area contributed by atoms with Gasteiger partial charge in [0.05, 0.1) is 12.1 Å². The number of aromatic nitrogens is 1. The van der Waals surface area contributed by atoms with Gasteiger partial charge in [-0.15, -0.1) is 0 Å². The van der Waals surface area contributed by atoms with E-state index in [2.05, 4.69) is 10.3 Å². The molecule has 1 N–H and O–H groups in total. The molecule has 0 aliphatic carbocycles. The van der Waals surface area contributed by atoms with E-state index in [9.17, 15) is 9.18 Å². The van der Waals surface area contributed by atoms with Crippen molar-refractivity contribution in [1.82, 2.24) is 15.2 Å². The van der Waals surface area contributed by atoms with Crippen molar-refractivity contribution in [2.45, 2.75) is 19.1 Å². The van der Waals surface area contributed by atoms with Crippen LogP contribution in [0.3, 0.4) is 0 Å². The summed E-state index contributed by atoms with van der Waals surface area (Å²) in [6, 6.07) is 17.7. The van der Waals surface area contributed by atoms with Crippen LogP contribution in [0.2, 0.25) is 0 Å². The van der Waals surface area contributed by atoms with Gasteiger partial charge in [0.2, 0.25) is 5.88 Å². The number of para-hydroxylation sites is 1. The fraction of sp³-hybridized carbons (Fsp3) is 0.238. The predicted molar refractivity (Wildman–Crippen MR) is 101 cm³/mol. The molecule has 0 bridgehead atoms. The highest BCUT2D eigenvalue weighted by Gasteiger charge is 2.27. The third kappa shape index (κ3) is 4.16. The van der Waals surface area contributed by atoms with Crippen molar-refractivity contribution in [3.63, 3.8) is 0 Å². The lowest BCUT2D eigenvalue weighted by atomic mass is 10.2. The fourth-order valence-electron chi connectivity index (χ4n) is 3.18. The first-order chi connectivity index (χ1) is 13.2. The number of benzene rings is 2. The van der Waals surface area contributed by atoms with Gasteiger partial charge in [0.15, 0.2) is 0 Å². The van der Waals surface area contributed by atoms with E-state index in [1.807, 2.05) is 36.4 Å². The molecule has 1 saturated heterocycles. The molecule has 1 aliphatic rings. The second-order valence-electron chi connectivity index (χ2n) is 6.60. The van der Waals surface area contributed by atoms with Crippen LogP contribution in [0.5, 0.6) is 5.88 Å². The summed E-state index contributed by atoms with van der Waals surface area (Å²) in [4.78, 5) is 18.6. The van der Waals surface area contributed by atoms with Crippen LogP contribution in [0.1, 0.15) is 12.0 Å². The van der Waals surface area contributed by atoms with Gasteiger partial charge in [-0.3, -0.25) is 0 Å². The van der Waals surface area contributed by atoms with Crippen LogP contribution in [0, 0.1) is 5.82 Å². The summed E-state index contributed by atoms with van der Waals surface area (Å²) < 4.78 is 18.9. The Hall–Kier alpha value is -3.15. The van der Waals surface area contributed by atoms with Gasteiger partial charge in [0.25, 0.3) is 0 Å². The topological polar surface area (TPSA) is 54.5 Å². The van der Waals surface area contributed by atoms with E-state index in [1.165, 1.54) is 12.1 Å². The number of fused-ring (bicyclic) bond motifs is 1. The van der Waals surface area contributed by atoms with Gasteiger partial charge >= 0.3 is 6.03 Å². The van der Waals surface area contributed by atoms with Crippen molar-refractivity contribution >= 4 is 16.9 Å². The van der Waals surface area contributed by atoms with E-state index < -0.39 is 0 Å². The van der Waals surface area contributed by atoms with Crippen molar-refractivity contribution in [2.24, 2.45) is 0 Å². The van der Waals surface area contributed by atoms with Gasteiger partial charge in [-0.2, -0.15) is 0 Å². The fourth-order valence-corrected chi connectivity index (χ4v) is 3.18. The van der Waals surface area contributed by atoms with E-state index in [4.69, 9.17) is 4.74 Å². The molecule has 0 saturated carbocycles. The quantitative estimate of drug-likeness (QED) is 0.766. The monoisotopic (exact) mass is 365 g/mol. The number of carbonyl (C=O) groups excluding carboxylic acids is 1. The minimum absolute atomic E-state index is 0.0739. The number of ether oxygens (including phenoxy) is 1. The van der Waals surface area contributed by atoms with Gasteiger partial charge < -0.3 is 15.0 Å². The maximum absolute atomic E-state index is 12.9. The predicted octanol–water partition coefficient (Wildman–Crippen LogP) is 3.74. The van der Waals surface area contributed by atoms with Crippen LogP contribution >= 0.6 is 0 Å². The molecule has 0 radical (unpaired) electrons. The average Bonchev–Trinajstić information content (AvgIpc) is 3.16. The zero-order valence-electron chi connectivity index (χ0n) is 14.8. The lowest BCUT2D eigenvalue weighted by molar-refractivity contribution is 0.183. The number of amides is 2. The normalized spacial score (nSPS) is 16.5. The zero-order chi connectivity index (χ0) is 18.6. The Balaban J connectivity index is 1.31. The summed E-state index contributed by atoms with van der Waals surface area (Å²) in [5, 5.41) is 3.93. The smallest absolute Gasteiger partial charge is 0.317 e. The van der Waals surface area contributed by atoms with E-state index in [0.29, 0.717) is 25.5 Å². The van der Waals surface area contributed by atoms with Crippen molar-refractivity contribution in [3.05, 3.63) is 72.0 Å². The minimum Gasteiger partial charge on any atom is -0.472 e. The third-order valence-corrected chi connectivity index (χ3v) is 4.65. The van der Waals surface area contributed by atoms with Crippen LogP contribution in [0.15, 0.2) is 60.7 Å². The van der Waals surface area contributed by atoms with E-state index >= 15 is 0 Å². The summed E-state index contributed by atoms with van der Waals surface area (Å²) in [5.74, 6) is 0.291. The number of likely N-dealkylation sites (tertiary alicyclic amines) is 1. The lowest BCUT2D eigenvalue weighted by Gasteiger charge is -2.18.